The molecule has 1 aliphatic rings. The maximum absolute atomic E-state index is 10.5. The molecular weight excluding hydrogens is 252 g/mol. The zero-order valence-corrected chi connectivity index (χ0v) is 10.9. The van der Waals surface area contributed by atoms with Gasteiger partial charge in [0.25, 0.3) is 0 Å². The Morgan fingerprint density at radius 2 is 2.11 bits per heavy atom. The first-order chi connectivity index (χ1) is 8.65. The highest BCUT2D eigenvalue weighted by atomic mass is 35.5. The summed E-state index contributed by atoms with van der Waals surface area (Å²) in [7, 11) is 0. The van der Waals surface area contributed by atoms with Crippen LogP contribution in [-0.2, 0) is 11.2 Å². The van der Waals surface area contributed by atoms with E-state index in [9.17, 15) is 4.79 Å². The van der Waals surface area contributed by atoms with E-state index >= 15 is 0 Å². The van der Waals surface area contributed by atoms with Crippen molar-refractivity contribution in [2.45, 2.75) is 44.6 Å². The number of ether oxygens (including phenoxy) is 1. The van der Waals surface area contributed by atoms with Gasteiger partial charge in [-0.25, -0.2) is 0 Å². The average Bonchev–Trinajstić information content (AvgIpc) is 2.82. The third kappa shape index (κ3) is 3.64. The molecule has 0 radical (unpaired) electrons. The first kappa shape index (κ1) is 13.2. The van der Waals surface area contributed by atoms with Crippen LogP contribution in [0.4, 0.5) is 0 Å². The zero-order valence-electron chi connectivity index (χ0n) is 10.2. The molecule has 0 heterocycles. The van der Waals surface area contributed by atoms with Crippen LogP contribution in [-0.4, -0.2) is 17.2 Å². The molecule has 0 amide bonds. The summed E-state index contributed by atoms with van der Waals surface area (Å²) in [6.07, 6.45) is 5.54. The Morgan fingerprint density at radius 3 is 2.72 bits per heavy atom. The molecule has 4 heteroatoms. The summed E-state index contributed by atoms with van der Waals surface area (Å²) in [5.41, 5.74) is 0.932. The number of carbonyl (C=O) groups is 1. The van der Waals surface area contributed by atoms with Crippen molar-refractivity contribution < 1.29 is 14.6 Å². The first-order valence-electron chi connectivity index (χ1n) is 6.32. The van der Waals surface area contributed by atoms with Gasteiger partial charge in [-0.3, -0.25) is 4.79 Å². The number of aliphatic carboxylic acids is 1. The minimum atomic E-state index is -0.794. The molecule has 0 aliphatic heterocycles. The summed E-state index contributed by atoms with van der Waals surface area (Å²) < 4.78 is 5.84. The number of hydrogen-bond donors (Lipinski definition) is 1. The fourth-order valence-electron chi connectivity index (χ4n) is 2.23. The standard InChI is InChI=1S/C14H17ClO3/c15-12-9-10(6-8-14(16)17)5-7-13(12)18-11-3-1-2-4-11/h5,7,9,11H,1-4,6,8H2,(H,16,17). The molecule has 0 bridgehead atoms. The van der Waals surface area contributed by atoms with Gasteiger partial charge in [0.15, 0.2) is 0 Å². The summed E-state index contributed by atoms with van der Waals surface area (Å²) in [4.78, 5) is 10.5. The highest BCUT2D eigenvalue weighted by molar-refractivity contribution is 6.32. The molecule has 0 atom stereocenters. The number of carboxylic acids is 1. The van der Waals surface area contributed by atoms with Crippen LogP contribution in [0.15, 0.2) is 18.2 Å². The number of benzene rings is 1. The number of hydrogen-bond acceptors (Lipinski definition) is 2. The van der Waals surface area contributed by atoms with Crippen molar-refractivity contribution in [1.29, 1.82) is 0 Å². The number of rotatable bonds is 5. The second kappa shape index (κ2) is 6.10. The monoisotopic (exact) mass is 268 g/mol. The molecule has 0 spiro atoms. The van der Waals surface area contributed by atoms with Gasteiger partial charge in [-0.2, -0.15) is 0 Å². The van der Waals surface area contributed by atoms with Gasteiger partial charge >= 0.3 is 5.97 Å². The van der Waals surface area contributed by atoms with Crippen LogP contribution in [0.5, 0.6) is 5.75 Å². The molecule has 0 saturated heterocycles. The molecule has 98 valence electrons. The summed E-state index contributed by atoms with van der Waals surface area (Å²) in [6, 6.07) is 5.53. The van der Waals surface area contributed by atoms with Crippen LogP contribution in [0.25, 0.3) is 0 Å². The molecule has 1 aromatic rings. The normalized spacial score (nSPS) is 15.8. The largest absolute Gasteiger partial charge is 0.489 e. The van der Waals surface area contributed by atoms with Crippen LogP contribution < -0.4 is 4.74 Å². The molecule has 1 aromatic carbocycles. The van der Waals surface area contributed by atoms with Gasteiger partial charge in [-0.05, 0) is 49.8 Å². The fraction of sp³-hybridized carbons (Fsp3) is 0.500. The smallest absolute Gasteiger partial charge is 0.303 e. The van der Waals surface area contributed by atoms with Gasteiger partial charge in [-0.15, -0.1) is 0 Å². The van der Waals surface area contributed by atoms with Crippen LogP contribution in [0, 0.1) is 0 Å². The predicted octanol–water partition coefficient (Wildman–Crippen LogP) is 3.68. The Hall–Kier alpha value is -1.22. The van der Waals surface area contributed by atoms with E-state index in [1.807, 2.05) is 12.1 Å². The molecule has 0 aromatic heterocycles. The number of aryl methyl sites for hydroxylation is 1. The Balaban J connectivity index is 1.97. The van der Waals surface area contributed by atoms with E-state index in [4.69, 9.17) is 21.4 Å². The van der Waals surface area contributed by atoms with Crippen molar-refractivity contribution in [3.05, 3.63) is 28.8 Å². The lowest BCUT2D eigenvalue weighted by molar-refractivity contribution is -0.136. The number of halogens is 1. The van der Waals surface area contributed by atoms with Gasteiger partial charge in [0, 0.05) is 6.42 Å². The molecule has 1 N–H and O–H groups in total. The SMILES string of the molecule is O=C(O)CCc1ccc(OC2CCCC2)c(Cl)c1. The van der Waals surface area contributed by atoms with E-state index in [0.29, 0.717) is 17.2 Å². The van der Waals surface area contributed by atoms with E-state index in [-0.39, 0.29) is 12.5 Å². The van der Waals surface area contributed by atoms with E-state index in [0.717, 1.165) is 18.4 Å². The molecule has 1 saturated carbocycles. The topological polar surface area (TPSA) is 46.5 Å². The van der Waals surface area contributed by atoms with Crippen molar-refractivity contribution in [1.82, 2.24) is 0 Å². The maximum atomic E-state index is 10.5. The van der Waals surface area contributed by atoms with Crippen molar-refractivity contribution in [2.75, 3.05) is 0 Å². The molecule has 18 heavy (non-hydrogen) atoms. The van der Waals surface area contributed by atoms with Gasteiger partial charge < -0.3 is 9.84 Å². The van der Waals surface area contributed by atoms with E-state index in [2.05, 4.69) is 0 Å². The Morgan fingerprint density at radius 1 is 1.39 bits per heavy atom. The maximum Gasteiger partial charge on any atom is 0.303 e. The molecule has 2 rings (SSSR count). The summed E-state index contributed by atoms with van der Waals surface area (Å²) in [5.74, 6) is -0.0833. The van der Waals surface area contributed by atoms with Crippen molar-refractivity contribution in [3.8, 4) is 5.75 Å². The van der Waals surface area contributed by atoms with Gasteiger partial charge in [0.1, 0.15) is 5.75 Å². The lowest BCUT2D eigenvalue weighted by atomic mass is 10.1. The lowest BCUT2D eigenvalue weighted by Gasteiger charge is -2.14. The van der Waals surface area contributed by atoms with Gasteiger partial charge in [0.2, 0.25) is 0 Å². The second-order valence-corrected chi connectivity index (χ2v) is 5.09. The molecule has 1 fully saturated rings. The van der Waals surface area contributed by atoms with Crippen molar-refractivity contribution >= 4 is 17.6 Å². The van der Waals surface area contributed by atoms with Gasteiger partial charge in [0.05, 0.1) is 11.1 Å². The Labute approximate surface area is 112 Å². The highest BCUT2D eigenvalue weighted by Gasteiger charge is 2.17. The quantitative estimate of drug-likeness (QED) is 0.886. The third-order valence-corrected chi connectivity index (χ3v) is 3.52. The van der Waals surface area contributed by atoms with Crippen LogP contribution in [0.3, 0.4) is 0 Å². The lowest BCUT2D eigenvalue weighted by Crippen LogP contribution is -2.11. The minimum absolute atomic E-state index is 0.124. The molecular formula is C14H17ClO3. The summed E-state index contributed by atoms with van der Waals surface area (Å²) in [6.45, 7) is 0. The van der Waals surface area contributed by atoms with E-state index < -0.39 is 5.97 Å². The molecule has 0 unspecified atom stereocenters. The first-order valence-corrected chi connectivity index (χ1v) is 6.70. The highest BCUT2D eigenvalue weighted by Crippen LogP contribution is 2.30. The van der Waals surface area contributed by atoms with Crippen LogP contribution in [0.2, 0.25) is 5.02 Å². The average molecular weight is 269 g/mol. The predicted molar refractivity (Wildman–Crippen MR) is 70.3 cm³/mol. The third-order valence-electron chi connectivity index (χ3n) is 3.22. The van der Waals surface area contributed by atoms with Crippen LogP contribution in [0.1, 0.15) is 37.7 Å². The van der Waals surface area contributed by atoms with Crippen molar-refractivity contribution in [3.63, 3.8) is 0 Å². The summed E-state index contributed by atoms with van der Waals surface area (Å²) >= 11 is 6.15. The second-order valence-electron chi connectivity index (χ2n) is 4.68. The van der Waals surface area contributed by atoms with Gasteiger partial charge in [-0.1, -0.05) is 17.7 Å². The Bertz CT molecular complexity index is 425. The van der Waals surface area contributed by atoms with E-state index in [1.54, 1.807) is 6.07 Å². The fourth-order valence-corrected chi connectivity index (χ4v) is 2.48. The van der Waals surface area contributed by atoms with Crippen molar-refractivity contribution in [2.24, 2.45) is 0 Å². The Kier molecular flexibility index (Phi) is 4.48. The molecule has 3 nitrogen and oxygen atoms in total. The molecule has 1 aliphatic carbocycles. The number of carboxylic acid groups (broad SMARTS) is 1. The van der Waals surface area contributed by atoms with E-state index in [1.165, 1.54) is 12.8 Å². The summed E-state index contributed by atoms with van der Waals surface area (Å²) in [5, 5.41) is 9.20. The minimum Gasteiger partial charge on any atom is -0.489 e. The van der Waals surface area contributed by atoms with Crippen LogP contribution >= 0.6 is 11.6 Å². The zero-order chi connectivity index (χ0) is 13.0.